The van der Waals surface area contributed by atoms with Crippen LogP contribution in [-0.2, 0) is 28.4 Å². The summed E-state index contributed by atoms with van der Waals surface area (Å²) in [5.41, 5.74) is 2.16. The monoisotopic (exact) mass is 314 g/mol. The van der Waals surface area contributed by atoms with Gasteiger partial charge in [-0.25, -0.2) is 9.59 Å². The lowest BCUT2D eigenvalue weighted by atomic mass is 10.2. The molecule has 0 spiro atoms. The quantitative estimate of drug-likeness (QED) is 0.488. The van der Waals surface area contributed by atoms with Crippen LogP contribution in [0.2, 0.25) is 0 Å². The van der Waals surface area contributed by atoms with Gasteiger partial charge in [-0.2, -0.15) is 10.2 Å². The molecule has 0 aliphatic rings. The predicted octanol–water partition coefficient (Wildman–Crippen LogP) is 1.73. The van der Waals surface area contributed by atoms with Gasteiger partial charge in [0.15, 0.2) is 0 Å². The highest BCUT2D eigenvalue weighted by atomic mass is 16.6. The molecule has 0 amide bonds. The Hall–Kier alpha value is -2.96. The molecule has 0 saturated carbocycles. The molecular weight excluding hydrogens is 296 g/mol. The van der Waals surface area contributed by atoms with Crippen molar-refractivity contribution in [2.24, 2.45) is 14.1 Å². The van der Waals surface area contributed by atoms with Gasteiger partial charge in [0.25, 0.3) is 0 Å². The molecule has 2 rings (SSSR count). The smallest absolute Gasteiger partial charge is 0.341 e. The van der Waals surface area contributed by atoms with Crippen LogP contribution in [0.4, 0.5) is 0 Å². The molecule has 0 aromatic carbocycles. The summed E-state index contributed by atoms with van der Waals surface area (Å²) in [5, 5.41) is 8.01. The van der Waals surface area contributed by atoms with Crippen LogP contribution in [0.5, 0.6) is 0 Å². The van der Waals surface area contributed by atoms with Crippen LogP contribution in [0.1, 0.15) is 25.0 Å². The zero-order valence-corrected chi connectivity index (χ0v) is 13.5. The minimum atomic E-state index is -0.683. The standard InChI is InChI=1S/C16H18N4O3/c1-11(5-13-7-17-19(3)9-13)15(21)23-16(22)12(2)6-14-8-18-20(4)10-14/h5-10H,1-4H3/b11-5+,12-6+. The highest BCUT2D eigenvalue weighted by molar-refractivity contribution is 6.04. The normalized spacial score (nSPS) is 12.3. The molecule has 0 unspecified atom stereocenters. The van der Waals surface area contributed by atoms with Crippen LogP contribution < -0.4 is 0 Å². The van der Waals surface area contributed by atoms with E-state index >= 15 is 0 Å². The number of hydrogen-bond donors (Lipinski definition) is 0. The summed E-state index contributed by atoms with van der Waals surface area (Å²) >= 11 is 0. The minimum absolute atomic E-state index is 0.320. The van der Waals surface area contributed by atoms with Crippen LogP contribution >= 0.6 is 0 Å². The molecule has 2 heterocycles. The summed E-state index contributed by atoms with van der Waals surface area (Å²) in [4.78, 5) is 23.9. The zero-order valence-electron chi connectivity index (χ0n) is 13.5. The summed E-state index contributed by atoms with van der Waals surface area (Å²) in [7, 11) is 3.56. The average Bonchev–Trinajstić information content (AvgIpc) is 3.07. The van der Waals surface area contributed by atoms with E-state index in [2.05, 4.69) is 10.2 Å². The Balaban J connectivity index is 2.02. The van der Waals surface area contributed by atoms with Crippen LogP contribution in [-0.4, -0.2) is 31.5 Å². The summed E-state index contributed by atoms with van der Waals surface area (Å²) in [6, 6.07) is 0. The first-order valence-corrected chi connectivity index (χ1v) is 6.95. The number of aromatic nitrogens is 4. The van der Waals surface area contributed by atoms with E-state index in [1.807, 2.05) is 0 Å². The molecule has 0 fully saturated rings. The van der Waals surface area contributed by atoms with Gasteiger partial charge >= 0.3 is 11.9 Å². The van der Waals surface area contributed by atoms with Gasteiger partial charge in [-0.15, -0.1) is 0 Å². The molecule has 0 aliphatic carbocycles. The van der Waals surface area contributed by atoms with E-state index in [0.717, 1.165) is 11.1 Å². The van der Waals surface area contributed by atoms with E-state index in [-0.39, 0.29) is 0 Å². The second kappa shape index (κ2) is 6.87. The highest BCUT2D eigenvalue weighted by Crippen LogP contribution is 2.10. The van der Waals surface area contributed by atoms with Gasteiger partial charge in [-0.1, -0.05) is 0 Å². The highest BCUT2D eigenvalue weighted by Gasteiger charge is 2.14. The Morgan fingerprint density at radius 1 is 0.913 bits per heavy atom. The third kappa shape index (κ3) is 4.50. The topological polar surface area (TPSA) is 79.0 Å². The number of hydrogen-bond acceptors (Lipinski definition) is 5. The third-order valence-electron chi connectivity index (χ3n) is 3.05. The maximum Gasteiger partial charge on any atom is 0.341 e. The first-order valence-electron chi connectivity index (χ1n) is 6.95. The van der Waals surface area contributed by atoms with Crippen LogP contribution in [0.3, 0.4) is 0 Å². The molecule has 0 radical (unpaired) electrons. The zero-order chi connectivity index (χ0) is 17.0. The van der Waals surface area contributed by atoms with E-state index < -0.39 is 11.9 Å². The number of carbonyl (C=O) groups excluding carboxylic acids is 2. The van der Waals surface area contributed by atoms with Crippen molar-refractivity contribution >= 4 is 24.1 Å². The maximum atomic E-state index is 11.9. The van der Waals surface area contributed by atoms with Crippen molar-refractivity contribution in [1.29, 1.82) is 0 Å². The summed E-state index contributed by atoms with van der Waals surface area (Å²) < 4.78 is 8.11. The first kappa shape index (κ1) is 16.4. The van der Waals surface area contributed by atoms with E-state index in [9.17, 15) is 9.59 Å². The van der Waals surface area contributed by atoms with Gasteiger partial charge in [0.2, 0.25) is 0 Å². The Labute approximate surface area is 133 Å². The molecule has 2 aromatic heterocycles. The lowest BCUT2D eigenvalue weighted by molar-refractivity contribution is -0.153. The van der Waals surface area contributed by atoms with E-state index in [4.69, 9.17) is 4.74 Å². The number of rotatable bonds is 4. The van der Waals surface area contributed by atoms with Crippen LogP contribution in [0.15, 0.2) is 35.9 Å². The second-order valence-corrected chi connectivity index (χ2v) is 5.23. The number of ether oxygens (including phenoxy) is 1. The van der Waals surface area contributed by atoms with Crippen LogP contribution in [0, 0.1) is 0 Å². The van der Waals surface area contributed by atoms with Gasteiger partial charge < -0.3 is 4.74 Å². The van der Waals surface area contributed by atoms with E-state index in [1.54, 1.807) is 74.2 Å². The average molecular weight is 314 g/mol. The Kier molecular flexibility index (Phi) is 4.90. The molecule has 0 N–H and O–H groups in total. The molecule has 120 valence electrons. The predicted molar refractivity (Wildman–Crippen MR) is 84.8 cm³/mol. The lowest BCUT2D eigenvalue weighted by Gasteiger charge is -2.03. The molecular formula is C16H18N4O3. The summed E-state index contributed by atoms with van der Waals surface area (Å²) in [6.07, 6.45) is 9.97. The Morgan fingerprint density at radius 3 is 1.61 bits per heavy atom. The maximum absolute atomic E-state index is 11.9. The van der Waals surface area contributed by atoms with Crippen molar-refractivity contribution in [3.05, 3.63) is 47.1 Å². The number of nitrogens with zero attached hydrogens (tertiary/aromatic N) is 4. The number of esters is 2. The summed E-state index contributed by atoms with van der Waals surface area (Å²) in [6.45, 7) is 3.17. The van der Waals surface area contributed by atoms with Crippen molar-refractivity contribution in [3.63, 3.8) is 0 Å². The Bertz CT molecular complexity index is 730. The Morgan fingerprint density at radius 2 is 1.30 bits per heavy atom. The lowest BCUT2D eigenvalue weighted by Crippen LogP contribution is -2.13. The van der Waals surface area contributed by atoms with E-state index in [1.165, 1.54) is 0 Å². The van der Waals surface area contributed by atoms with Crippen molar-refractivity contribution in [2.45, 2.75) is 13.8 Å². The molecule has 0 atom stereocenters. The fourth-order valence-electron chi connectivity index (χ4n) is 1.89. The van der Waals surface area contributed by atoms with Crippen molar-refractivity contribution in [3.8, 4) is 0 Å². The van der Waals surface area contributed by atoms with Gasteiger partial charge in [-0.3, -0.25) is 9.36 Å². The number of carbonyl (C=O) groups is 2. The molecule has 7 nitrogen and oxygen atoms in total. The molecule has 2 aromatic rings. The third-order valence-corrected chi connectivity index (χ3v) is 3.05. The molecule has 23 heavy (non-hydrogen) atoms. The van der Waals surface area contributed by atoms with Crippen LogP contribution in [0.25, 0.3) is 12.2 Å². The van der Waals surface area contributed by atoms with Crippen molar-refractivity contribution < 1.29 is 14.3 Å². The van der Waals surface area contributed by atoms with Crippen molar-refractivity contribution in [2.75, 3.05) is 0 Å². The van der Waals surface area contributed by atoms with Gasteiger partial charge in [0, 0.05) is 48.8 Å². The second-order valence-electron chi connectivity index (χ2n) is 5.23. The van der Waals surface area contributed by atoms with Gasteiger partial charge in [-0.05, 0) is 26.0 Å². The van der Waals surface area contributed by atoms with Crippen molar-refractivity contribution in [1.82, 2.24) is 19.6 Å². The SMILES string of the molecule is C/C(=C\c1cnn(C)c1)C(=O)OC(=O)/C(C)=C/c1cnn(C)c1. The molecule has 0 saturated heterocycles. The van der Waals surface area contributed by atoms with Gasteiger partial charge in [0.1, 0.15) is 0 Å². The first-order chi connectivity index (χ1) is 10.8. The molecule has 0 aliphatic heterocycles. The largest absolute Gasteiger partial charge is 0.386 e. The molecule has 7 heteroatoms. The van der Waals surface area contributed by atoms with Gasteiger partial charge in [0.05, 0.1) is 12.4 Å². The molecule has 0 bridgehead atoms. The number of aryl methyl sites for hydroxylation is 2. The van der Waals surface area contributed by atoms with E-state index in [0.29, 0.717) is 11.1 Å². The fourth-order valence-corrected chi connectivity index (χ4v) is 1.89. The minimum Gasteiger partial charge on any atom is -0.386 e. The summed E-state index contributed by atoms with van der Waals surface area (Å²) in [5.74, 6) is -1.37. The fraction of sp³-hybridized carbons (Fsp3) is 0.250.